The summed E-state index contributed by atoms with van der Waals surface area (Å²) in [4.78, 5) is 8.21. The predicted molar refractivity (Wildman–Crippen MR) is 81.1 cm³/mol. The van der Waals surface area contributed by atoms with Crippen LogP contribution in [0.2, 0.25) is 5.15 Å². The molecule has 0 saturated heterocycles. The summed E-state index contributed by atoms with van der Waals surface area (Å²) < 4.78 is 1.87. The molecule has 2 heterocycles. The van der Waals surface area contributed by atoms with Crippen molar-refractivity contribution in [3.05, 3.63) is 36.4 Å². The van der Waals surface area contributed by atoms with Crippen LogP contribution in [0.15, 0.2) is 31.2 Å². The number of nitrogens with zero attached hydrogens (tertiary/aromatic N) is 3. The lowest BCUT2D eigenvalue weighted by atomic mass is 9.81. The topological polar surface area (TPSA) is 71.2 Å². The van der Waals surface area contributed by atoms with Crippen LogP contribution in [0.5, 0.6) is 0 Å². The molecule has 21 heavy (non-hydrogen) atoms. The van der Waals surface area contributed by atoms with E-state index in [1.54, 1.807) is 6.08 Å². The first-order chi connectivity index (χ1) is 10.0. The molecule has 1 aliphatic carbocycles. The average Bonchev–Trinajstić information content (AvgIpc) is 3.02. The first-order valence-corrected chi connectivity index (χ1v) is 7.38. The van der Waals surface area contributed by atoms with E-state index in [-0.39, 0.29) is 6.04 Å². The third kappa shape index (κ3) is 1.99. The number of halogens is 1. The van der Waals surface area contributed by atoms with Crippen LogP contribution in [0.1, 0.15) is 25.8 Å². The van der Waals surface area contributed by atoms with Crippen molar-refractivity contribution in [1.29, 1.82) is 0 Å². The Morgan fingerprint density at radius 2 is 2.29 bits per heavy atom. The van der Waals surface area contributed by atoms with Crippen LogP contribution in [0.3, 0.4) is 0 Å². The van der Waals surface area contributed by atoms with Gasteiger partial charge in [0.05, 0.1) is 17.5 Å². The van der Waals surface area contributed by atoms with Gasteiger partial charge in [0.15, 0.2) is 0 Å². The number of hydrogen-bond acceptors (Lipinski definition) is 4. The normalized spacial score (nSPS) is 32.7. The van der Waals surface area contributed by atoms with Crippen molar-refractivity contribution in [1.82, 2.24) is 14.5 Å². The van der Waals surface area contributed by atoms with Crippen molar-refractivity contribution in [2.45, 2.75) is 38.0 Å². The highest BCUT2D eigenvalue weighted by Crippen LogP contribution is 2.48. The third-order valence-corrected chi connectivity index (χ3v) is 5.08. The quantitative estimate of drug-likeness (QED) is 0.674. The minimum atomic E-state index is -0.868. The summed E-state index contributed by atoms with van der Waals surface area (Å²) in [6, 6.07) is 1.57. The molecule has 0 radical (unpaired) electrons. The van der Waals surface area contributed by atoms with Gasteiger partial charge in [-0.25, -0.2) is 9.97 Å². The van der Waals surface area contributed by atoms with Crippen LogP contribution < -0.4 is 0 Å². The zero-order valence-electron chi connectivity index (χ0n) is 11.8. The summed E-state index contributed by atoms with van der Waals surface area (Å²) >= 11 is 6.06. The number of rotatable bonds is 3. The van der Waals surface area contributed by atoms with Gasteiger partial charge in [0.25, 0.3) is 0 Å². The molecule has 5 nitrogen and oxygen atoms in total. The van der Waals surface area contributed by atoms with Crippen LogP contribution >= 0.6 is 11.6 Å². The molecular formula is C15H18ClN3O2. The molecule has 0 amide bonds. The van der Waals surface area contributed by atoms with Gasteiger partial charge in [0, 0.05) is 11.6 Å². The smallest absolute Gasteiger partial charge is 0.145 e. The molecule has 0 aliphatic heterocycles. The monoisotopic (exact) mass is 307 g/mol. The van der Waals surface area contributed by atoms with E-state index in [2.05, 4.69) is 16.5 Å². The fourth-order valence-electron chi connectivity index (χ4n) is 3.35. The number of aliphatic hydroxyl groups is 2. The molecule has 0 aromatic carbocycles. The van der Waals surface area contributed by atoms with Crippen LogP contribution in [-0.4, -0.2) is 37.0 Å². The highest BCUT2D eigenvalue weighted by Gasteiger charge is 2.50. The van der Waals surface area contributed by atoms with Crippen LogP contribution in [0, 0.1) is 5.41 Å². The summed E-state index contributed by atoms with van der Waals surface area (Å²) in [5.74, 6) is 0. The molecule has 112 valence electrons. The molecule has 1 fully saturated rings. The fraction of sp³-hybridized carbons (Fsp3) is 0.467. The summed E-state index contributed by atoms with van der Waals surface area (Å²) in [5, 5.41) is 22.0. The Balaban J connectivity index is 2.08. The molecule has 3 rings (SSSR count). The summed E-state index contributed by atoms with van der Waals surface area (Å²) in [5.41, 5.74) is 0.194. The van der Waals surface area contributed by atoms with Gasteiger partial charge in [-0.2, -0.15) is 0 Å². The van der Waals surface area contributed by atoms with Crippen LogP contribution in [0.4, 0.5) is 0 Å². The van der Waals surface area contributed by atoms with Crippen molar-refractivity contribution in [3.8, 4) is 0 Å². The van der Waals surface area contributed by atoms with Gasteiger partial charge in [-0.15, -0.1) is 6.58 Å². The maximum absolute atomic E-state index is 10.5. The number of fused-ring (bicyclic) bond motifs is 1. The zero-order valence-corrected chi connectivity index (χ0v) is 12.5. The van der Waals surface area contributed by atoms with Crippen molar-refractivity contribution in [2.24, 2.45) is 5.41 Å². The largest absolute Gasteiger partial charge is 0.389 e. The third-order valence-electron chi connectivity index (χ3n) is 4.78. The summed E-state index contributed by atoms with van der Waals surface area (Å²) in [6.07, 6.45) is 4.63. The lowest BCUT2D eigenvalue weighted by Gasteiger charge is -2.27. The molecular weight excluding hydrogens is 290 g/mol. The van der Waals surface area contributed by atoms with Crippen LogP contribution in [0.25, 0.3) is 11.0 Å². The SMILES string of the molecule is C=C[C@@]1(CC)C[C@@H](n2ccc3c(Cl)ncnc32)[C@H](O)[C@@H]1O. The minimum absolute atomic E-state index is 0.263. The minimum Gasteiger partial charge on any atom is -0.389 e. The average molecular weight is 308 g/mol. The number of hydrogen-bond donors (Lipinski definition) is 2. The fourth-order valence-corrected chi connectivity index (χ4v) is 3.55. The Hall–Kier alpha value is -1.43. The van der Waals surface area contributed by atoms with Crippen molar-refractivity contribution < 1.29 is 10.2 Å². The van der Waals surface area contributed by atoms with E-state index >= 15 is 0 Å². The van der Waals surface area contributed by atoms with Crippen molar-refractivity contribution in [3.63, 3.8) is 0 Å². The lowest BCUT2D eigenvalue weighted by molar-refractivity contribution is -0.0131. The lowest BCUT2D eigenvalue weighted by Crippen LogP contribution is -2.34. The Bertz CT molecular complexity index is 687. The summed E-state index contributed by atoms with van der Waals surface area (Å²) in [7, 11) is 0. The van der Waals surface area contributed by atoms with Crippen LogP contribution in [-0.2, 0) is 0 Å². The first-order valence-electron chi connectivity index (χ1n) is 7.01. The molecule has 1 aliphatic rings. The van der Waals surface area contributed by atoms with Gasteiger partial charge in [-0.1, -0.05) is 24.6 Å². The Morgan fingerprint density at radius 1 is 1.52 bits per heavy atom. The van der Waals surface area contributed by atoms with E-state index in [4.69, 9.17) is 11.6 Å². The molecule has 4 atom stereocenters. The van der Waals surface area contributed by atoms with Crippen molar-refractivity contribution in [2.75, 3.05) is 0 Å². The molecule has 1 saturated carbocycles. The maximum Gasteiger partial charge on any atom is 0.145 e. The first kappa shape index (κ1) is 14.5. The van der Waals surface area contributed by atoms with Gasteiger partial charge in [0.1, 0.15) is 23.2 Å². The predicted octanol–water partition coefficient (Wildman–Crippen LogP) is 2.33. The Labute approximate surface area is 127 Å². The molecule has 2 aromatic rings. The van der Waals surface area contributed by atoms with E-state index < -0.39 is 17.6 Å². The molecule has 2 aromatic heterocycles. The highest BCUT2D eigenvalue weighted by molar-refractivity contribution is 6.33. The number of aliphatic hydroxyl groups excluding tert-OH is 2. The zero-order chi connectivity index (χ0) is 15.2. The van der Waals surface area contributed by atoms with Gasteiger partial charge in [0.2, 0.25) is 0 Å². The van der Waals surface area contributed by atoms with E-state index in [1.807, 2.05) is 23.8 Å². The van der Waals surface area contributed by atoms with Crippen molar-refractivity contribution >= 4 is 22.6 Å². The Kier molecular flexibility index (Phi) is 3.51. The van der Waals surface area contributed by atoms with Gasteiger partial charge in [-0.05, 0) is 18.9 Å². The summed E-state index contributed by atoms with van der Waals surface area (Å²) in [6.45, 7) is 5.83. The van der Waals surface area contributed by atoms with E-state index in [1.165, 1.54) is 6.33 Å². The standard InChI is InChI=1S/C15H18ClN3O2/c1-3-15(4-2)7-10(11(20)12(15)21)19-6-5-9-13(16)17-8-18-14(9)19/h3,5-6,8,10-12,20-21H,1,4,7H2,2H3/t10-,11+,12+,15-/m1/s1. The maximum atomic E-state index is 10.5. The number of aromatic nitrogens is 3. The Morgan fingerprint density at radius 3 is 2.90 bits per heavy atom. The molecule has 6 heteroatoms. The second kappa shape index (κ2) is 5.09. The van der Waals surface area contributed by atoms with E-state index in [0.717, 1.165) is 11.8 Å². The van der Waals surface area contributed by atoms with Gasteiger partial charge < -0.3 is 14.8 Å². The second-order valence-electron chi connectivity index (χ2n) is 5.62. The highest BCUT2D eigenvalue weighted by atomic mass is 35.5. The van der Waals surface area contributed by atoms with Gasteiger partial charge >= 0.3 is 0 Å². The molecule has 0 spiro atoms. The molecule has 2 N–H and O–H groups in total. The van der Waals surface area contributed by atoms with E-state index in [9.17, 15) is 10.2 Å². The van der Waals surface area contributed by atoms with E-state index in [0.29, 0.717) is 17.2 Å². The second-order valence-corrected chi connectivity index (χ2v) is 5.98. The molecule has 0 bridgehead atoms. The molecule has 0 unspecified atom stereocenters. The van der Waals surface area contributed by atoms with Gasteiger partial charge in [-0.3, -0.25) is 0 Å².